The molecule has 0 amide bonds. The molecule has 1 aliphatic heterocycles. The number of rotatable bonds is 6. The van der Waals surface area contributed by atoms with E-state index in [9.17, 15) is 0 Å². The zero-order chi connectivity index (χ0) is 33.3. The maximum Gasteiger partial charge on any atom is 0.0794 e. The van der Waals surface area contributed by atoms with E-state index in [4.69, 9.17) is 4.98 Å². The van der Waals surface area contributed by atoms with Crippen molar-refractivity contribution in [2.75, 3.05) is 6.54 Å². The number of hydrogen-bond donors (Lipinski definition) is 1. The maximum absolute atomic E-state index is 5.41. The summed E-state index contributed by atoms with van der Waals surface area (Å²) in [5, 5.41) is 6.81. The monoisotopic (exact) mass is 638 g/mol. The first-order chi connectivity index (χ1) is 24.8. The number of nitrogens with zero attached hydrogens (tertiary/aromatic N) is 1. The molecule has 0 atom stereocenters. The number of fused-ring (bicyclic) bond motifs is 3. The van der Waals surface area contributed by atoms with E-state index in [0.717, 1.165) is 34.1 Å². The first kappa shape index (κ1) is 29.6. The van der Waals surface area contributed by atoms with Gasteiger partial charge in [-0.2, -0.15) is 0 Å². The molecule has 2 nitrogen and oxygen atoms in total. The highest BCUT2D eigenvalue weighted by Crippen LogP contribution is 2.41. The van der Waals surface area contributed by atoms with Crippen LogP contribution < -0.4 is 5.32 Å². The number of nitrogens with one attached hydrogen (secondary N) is 1. The van der Waals surface area contributed by atoms with Gasteiger partial charge in [0.15, 0.2) is 0 Å². The Morgan fingerprint density at radius 2 is 0.880 bits per heavy atom. The highest BCUT2D eigenvalue weighted by Gasteiger charge is 2.16. The van der Waals surface area contributed by atoms with Crippen LogP contribution in [0.2, 0.25) is 0 Å². The SMILES string of the molecule is C1=CC(c2ccc(-c3cc(-c4ccc(-c5ccccc5)cc4)c4cc(-c5ccc(-c6ccccc6)cc5)c5ccccc5c4n3)cc2)=CNC1. The Balaban J connectivity index is 1.23. The van der Waals surface area contributed by atoms with Crippen LogP contribution in [0.3, 0.4) is 0 Å². The van der Waals surface area contributed by atoms with Crippen molar-refractivity contribution in [1.29, 1.82) is 0 Å². The summed E-state index contributed by atoms with van der Waals surface area (Å²) in [6.07, 6.45) is 6.41. The van der Waals surface area contributed by atoms with Crippen LogP contribution >= 0.6 is 0 Å². The first-order valence-corrected chi connectivity index (χ1v) is 17.2. The lowest BCUT2D eigenvalue weighted by Crippen LogP contribution is -2.08. The van der Waals surface area contributed by atoms with Gasteiger partial charge in [0.1, 0.15) is 0 Å². The normalized spacial score (nSPS) is 12.5. The number of hydrogen-bond acceptors (Lipinski definition) is 2. The second kappa shape index (κ2) is 12.8. The highest BCUT2D eigenvalue weighted by molar-refractivity contribution is 6.16. The van der Waals surface area contributed by atoms with E-state index in [1.54, 1.807) is 0 Å². The average molecular weight is 639 g/mol. The second-order valence-electron chi connectivity index (χ2n) is 12.8. The van der Waals surface area contributed by atoms with Crippen LogP contribution in [0, 0.1) is 0 Å². The van der Waals surface area contributed by atoms with Crippen LogP contribution in [-0.4, -0.2) is 11.5 Å². The molecule has 9 rings (SSSR count). The van der Waals surface area contributed by atoms with Gasteiger partial charge in [-0.1, -0.05) is 170 Å². The fourth-order valence-corrected chi connectivity index (χ4v) is 7.11. The Labute approximate surface area is 292 Å². The lowest BCUT2D eigenvalue weighted by Gasteiger charge is -2.16. The summed E-state index contributed by atoms with van der Waals surface area (Å²) in [4.78, 5) is 5.41. The fraction of sp³-hybridized carbons (Fsp3) is 0.0208. The number of dihydropyridines is 1. The molecule has 0 unspecified atom stereocenters. The van der Waals surface area contributed by atoms with Crippen LogP contribution in [0.25, 0.3) is 83.0 Å². The van der Waals surface area contributed by atoms with Crippen molar-refractivity contribution in [3.05, 3.63) is 194 Å². The molecule has 0 spiro atoms. The van der Waals surface area contributed by atoms with Crippen molar-refractivity contribution < 1.29 is 0 Å². The molecule has 0 fully saturated rings. The third-order valence-corrected chi connectivity index (χ3v) is 9.73. The van der Waals surface area contributed by atoms with Gasteiger partial charge in [-0.15, -0.1) is 0 Å². The summed E-state index contributed by atoms with van der Waals surface area (Å²) in [5.41, 5.74) is 15.0. The number of pyridine rings is 1. The Morgan fingerprint density at radius 3 is 1.46 bits per heavy atom. The summed E-state index contributed by atoms with van der Waals surface area (Å²) in [6.45, 7) is 0.867. The van der Waals surface area contributed by atoms with Gasteiger partial charge in [0.25, 0.3) is 0 Å². The van der Waals surface area contributed by atoms with Gasteiger partial charge in [-0.25, -0.2) is 4.98 Å². The molecule has 0 aliphatic carbocycles. The van der Waals surface area contributed by atoms with Crippen molar-refractivity contribution in [3.8, 4) is 55.8 Å². The van der Waals surface area contributed by atoms with E-state index in [-0.39, 0.29) is 0 Å². The minimum absolute atomic E-state index is 0.867. The molecule has 236 valence electrons. The van der Waals surface area contributed by atoms with E-state index >= 15 is 0 Å². The summed E-state index contributed by atoms with van der Waals surface area (Å²) in [5.74, 6) is 0. The molecule has 50 heavy (non-hydrogen) atoms. The summed E-state index contributed by atoms with van der Waals surface area (Å²) < 4.78 is 0. The highest BCUT2D eigenvalue weighted by atomic mass is 14.8. The Morgan fingerprint density at radius 1 is 0.400 bits per heavy atom. The zero-order valence-corrected chi connectivity index (χ0v) is 27.6. The van der Waals surface area contributed by atoms with Crippen LogP contribution in [0.15, 0.2) is 188 Å². The van der Waals surface area contributed by atoms with Crippen LogP contribution in [-0.2, 0) is 0 Å². The van der Waals surface area contributed by atoms with Gasteiger partial charge in [0, 0.05) is 29.1 Å². The van der Waals surface area contributed by atoms with E-state index in [1.165, 1.54) is 61.0 Å². The largest absolute Gasteiger partial charge is 0.387 e. The summed E-state index contributed by atoms with van der Waals surface area (Å²) >= 11 is 0. The Bertz CT molecular complexity index is 2530. The predicted molar refractivity (Wildman–Crippen MR) is 212 cm³/mol. The zero-order valence-electron chi connectivity index (χ0n) is 27.6. The van der Waals surface area contributed by atoms with E-state index in [1.807, 2.05) is 0 Å². The number of aromatic nitrogens is 1. The van der Waals surface area contributed by atoms with Gasteiger partial charge in [0.05, 0.1) is 11.2 Å². The van der Waals surface area contributed by atoms with Crippen molar-refractivity contribution in [2.45, 2.75) is 0 Å². The van der Waals surface area contributed by atoms with E-state index in [0.29, 0.717) is 0 Å². The maximum atomic E-state index is 5.41. The van der Waals surface area contributed by atoms with Gasteiger partial charge in [0.2, 0.25) is 0 Å². The van der Waals surface area contributed by atoms with Crippen LogP contribution in [0.5, 0.6) is 0 Å². The summed E-state index contributed by atoms with van der Waals surface area (Å²) in [6, 6.07) is 61.2. The van der Waals surface area contributed by atoms with Gasteiger partial charge >= 0.3 is 0 Å². The molecular formula is C48H34N2. The molecule has 0 saturated carbocycles. The van der Waals surface area contributed by atoms with Gasteiger partial charge in [-0.05, 0) is 73.2 Å². The molecule has 0 radical (unpaired) electrons. The molecule has 1 aliphatic rings. The lowest BCUT2D eigenvalue weighted by atomic mass is 9.90. The van der Waals surface area contributed by atoms with Gasteiger partial charge < -0.3 is 5.32 Å². The lowest BCUT2D eigenvalue weighted by molar-refractivity contribution is 0.976. The first-order valence-electron chi connectivity index (χ1n) is 17.2. The fourth-order valence-electron chi connectivity index (χ4n) is 7.11. The standard InChI is InChI=1S/C48H34N2/c1-3-10-33(11-4-1)35-17-23-38(24-18-35)44-30-46-45(39-25-19-36(20-26-39)34-12-5-2-6-13-34)31-47(50-48(46)43-16-8-7-15-42(43)44)40-27-21-37(22-28-40)41-14-9-29-49-32-41/h1-28,30-32,49H,29H2. The number of allylic oxidation sites excluding steroid dienone is 2. The molecule has 1 aromatic heterocycles. The minimum Gasteiger partial charge on any atom is -0.387 e. The summed E-state index contributed by atoms with van der Waals surface area (Å²) in [7, 11) is 0. The number of benzene rings is 7. The van der Waals surface area contributed by atoms with Crippen LogP contribution in [0.1, 0.15) is 5.56 Å². The molecule has 8 aromatic rings. The van der Waals surface area contributed by atoms with E-state index < -0.39 is 0 Å². The minimum atomic E-state index is 0.867. The molecule has 7 aromatic carbocycles. The van der Waals surface area contributed by atoms with Crippen molar-refractivity contribution in [1.82, 2.24) is 10.3 Å². The molecule has 0 saturated heterocycles. The topological polar surface area (TPSA) is 24.9 Å². The third-order valence-electron chi connectivity index (χ3n) is 9.73. The molecular weight excluding hydrogens is 605 g/mol. The third kappa shape index (κ3) is 5.57. The predicted octanol–water partition coefficient (Wildman–Crippen LogP) is 12.2. The second-order valence-corrected chi connectivity index (χ2v) is 12.8. The molecule has 2 heterocycles. The van der Waals surface area contributed by atoms with E-state index in [2.05, 4.69) is 194 Å². The molecule has 2 heteroatoms. The Kier molecular flexibility index (Phi) is 7.60. The Hall–Kier alpha value is -6.51. The van der Waals surface area contributed by atoms with Crippen molar-refractivity contribution in [3.63, 3.8) is 0 Å². The average Bonchev–Trinajstić information content (AvgIpc) is 3.21. The van der Waals surface area contributed by atoms with Crippen LogP contribution in [0.4, 0.5) is 0 Å². The smallest absolute Gasteiger partial charge is 0.0794 e. The molecule has 1 N–H and O–H groups in total. The van der Waals surface area contributed by atoms with Crippen molar-refractivity contribution >= 4 is 27.2 Å². The van der Waals surface area contributed by atoms with Gasteiger partial charge in [-0.3, -0.25) is 0 Å². The molecule has 0 bridgehead atoms. The quantitative estimate of drug-likeness (QED) is 0.183. The van der Waals surface area contributed by atoms with Crippen molar-refractivity contribution in [2.24, 2.45) is 0 Å².